The first-order valence-electron chi connectivity index (χ1n) is 5.89. The van der Waals surface area contributed by atoms with E-state index < -0.39 is 11.9 Å². The fourth-order valence-corrected chi connectivity index (χ4v) is 2.62. The van der Waals surface area contributed by atoms with E-state index >= 15 is 0 Å². The Morgan fingerprint density at radius 3 is 2.25 bits per heavy atom. The second-order valence-corrected chi connectivity index (χ2v) is 5.75. The number of carboxylic acid groups (broad SMARTS) is 1. The molecule has 3 unspecified atom stereocenters. The number of carbonyl (C=O) groups is 2. The van der Waals surface area contributed by atoms with Crippen molar-refractivity contribution in [1.82, 2.24) is 5.32 Å². The number of carbonyl (C=O) groups excluding carboxylic acids is 1. The number of hydrogen-bond acceptors (Lipinski definition) is 2. The topological polar surface area (TPSA) is 66.4 Å². The predicted octanol–water partition coefficient (Wildman–Crippen LogP) is 1.26. The Kier molecular flexibility index (Phi) is 2.48. The zero-order valence-corrected chi connectivity index (χ0v) is 9.99. The lowest BCUT2D eigenvalue weighted by molar-refractivity contribution is -0.140. The summed E-state index contributed by atoms with van der Waals surface area (Å²) in [5.74, 6) is -1.21. The molecule has 2 aliphatic rings. The maximum absolute atomic E-state index is 11.9. The standard InChI is InChI=1S/C12H19NO3/c1-6(7-4-5-7)13-10(14)8-9(11(15)16)12(8,2)3/h6-9H,4-5H2,1-3H3,(H,13,14)(H,15,16). The van der Waals surface area contributed by atoms with Crippen LogP contribution in [-0.4, -0.2) is 23.0 Å². The molecule has 2 fully saturated rings. The molecular weight excluding hydrogens is 206 g/mol. The maximum atomic E-state index is 11.9. The number of aliphatic carboxylic acids is 1. The van der Waals surface area contributed by atoms with Crippen LogP contribution in [-0.2, 0) is 9.59 Å². The van der Waals surface area contributed by atoms with Gasteiger partial charge in [-0.1, -0.05) is 13.8 Å². The van der Waals surface area contributed by atoms with Gasteiger partial charge in [0, 0.05) is 6.04 Å². The molecule has 4 nitrogen and oxygen atoms in total. The molecule has 0 spiro atoms. The average Bonchev–Trinajstić information content (AvgIpc) is 2.97. The van der Waals surface area contributed by atoms with E-state index in [1.165, 1.54) is 12.8 Å². The minimum absolute atomic E-state index is 0.0863. The fourth-order valence-electron chi connectivity index (χ4n) is 2.62. The van der Waals surface area contributed by atoms with Crippen molar-refractivity contribution in [3.05, 3.63) is 0 Å². The highest BCUT2D eigenvalue weighted by Gasteiger charge is 2.66. The van der Waals surface area contributed by atoms with E-state index in [0.717, 1.165) is 0 Å². The third-order valence-corrected chi connectivity index (χ3v) is 4.07. The van der Waals surface area contributed by atoms with Crippen molar-refractivity contribution < 1.29 is 14.7 Å². The zero-order chi connectivity index (χ0) is 12.1. The number of nitrogens with one attached hydrogen (secondary N) is 1. The molecule has 3 atom stereocenters. The van der Waals surface area contributed by atoms with Crippen molar-refractivity contribution in [2.45, 2.75) is 39.7 Å². The second-order valence-electron chi connectivity index (χ2n) is 5.75. The summed E-state index contributed by atoms with van der Waals surface area (Å²) in [6.07, 6.45) is 2.36. The molecular formula is C12H19NO3. The highest BCUT2D eigenvalue weighted by molar-refractivity contribution is 5.91. The van der Waals surface area contributed by atoms with Gasteiger partial charge in [0.25, 0.3) is 0 Å². The first-order valence-corrected chi connectivity index (χ1v) is 5.89. The summed E-state index contributed by atoms with van der Waals surface area (Å²) < 4.78 is 0. The van der Waals surface area contributed by atoms with Crippen LogP contribution >= 0.6 is 0 Å². The van der Waals surface area contributed by atoms with Crippen LogP contribution in [0.15, 0.2) is 0 Å². The maximum Gasteiger partial charge on any atom is 0.307 e. The van der Waals surface area contributed by atoms with Crippen LogP contribution in [0.5, 0.6) is 0 Å². The summed E-state index contributed by atoms with van der Waals surface area (Å²) >= 11 is 0. The van der Waals surface area contributed by atoms with Crippen LogP contribution in [0.25, 0.3) is 0 Å². The molecule has 0 aliphatic heterocycles. The van der Waals surface area contributed by atoms with E-state index in [1.54, 1.807) is 0 Å². The molecule has 2 aliphatic carbocycles. The molecule has 0 aromatic rings. The van der Waals surface area contributed by atoms with E-state index in [4.69, 9.17) is 5.11 Å². The van der Waals surface area contributed by atoms with Crippen LogP contribution < -0.4 is 5.32 Å². The van der Waals surface area contributed by atoms with Gasteiger partial charge in [-0.15, -0.1) is 0 Å². The molecule has 0 heterocycles. The molecule has 90 valence electrons. The molecule has 2 N–H and O–H groups in total. The Hall–Kier alpha value is -1.06. The smallest absolute Gasteiger partial charge is 0.307 e. The van der Waals surface area contributed by atoms with Gasteiger partial charge in [0.1, 0.15) is 0 Å². The van der Waals surface area contributed by atoms with E-state index in [1.807, 2.05) is 20.8 Å². The lowest BCUT2D eigenvalue weighted by Crippen LogP contribution is -2.36. The van der Waals surface area contributed by atoms with Gasteiger partial charge < -0.3 is 10.4 Å². The van der Waals surface area contributed by atoms with E-state index in [9.17, 15) is 9.59 Å². The molecule has 0 radical (unpaired) electrons. The number of hydrogen-bond donors (Lipinski definition) is 2. The van der Waals surface area contributed by atoms with Gasteiger partial charge in [0.05, 0.1) is 11.8 Å². The average molecular weight is 225 g/mol. The summed E-state index contributed by atoms with van der Waals surface area (Å²) in [5.41, 5.74) is -0.390. The van der Waals surface area contributed by atoms with Crippen molar-refractivity contribution in [1.29, 1.82) is 0 Å². The molecule has 1 amide bonds. The van der Waals surface area contributed by atoms with E-state index in [-0.39, 0.29) is 23.3 Å². The highest BCUT2D eigenvalue weighted by atomic mass is 16.4. The number of carboxylic acids is 1. The molecule has 0 saturated heterocycles. The molecule has 2 saturated carbocycles. The van der Waals surface area contributed by atoms with Crippen molar-refractivity contribution in [3.8, 4) is 0 Å². The van der Waals surface area contributed by atoms with Crippen LogP contribution in [0.4, 0.5) is 0 Å². The lowest BCUT2D eigenvalue weighted by Gasteiger charge is -2.13. The first-order chi connectivity index (χ1) is 7.35. The summed E-state index contributed by atoms with van der Waals surface area (Å²) in [4.78, 5) is 22.8. The molecule has 4 heteroatoms. The van der Waals surface area contributed by atoms with Gasteiger partial charge in [-0.2, -0.15) is 0 Å². The Labute approximate surface area is 95.4 Å². The Bertz CT molecular complexity index is 333. The van der Waals surface area contributed by atoms with Gasteiger partial charge in [-0.05, 0) is 31.1 Å². The van der Waals surface area contributed by atoms with Crippen LogP contribution in [0.2, 0.25) is 0 Å². The van der Waals surface area contributed by atoms with Crippen molar-refractivity contribution in [2.24, 2.45) is 23.2 Å². The quantitative estimate of drug-likeness (QED) is 0.757. The number of amides is 1. The van der Waals surface area contributed by atoms with Crippen LogP contribution in [0.1, 0.15) is 33.6 Å². The molecule has 0 aromatic heterocycles. The molecule has 16 heavy (non-hydrogen) atoms. The minimum atomic E-state index is -0.857. The van der Waals surface area contributed by atoms with Crippen LogP contribution in [0, 0.1) is 23.2 Å². The molecule has 2 rings (SSSR count). The lowest BCUT2D eigenvalue weighted by atomic mass is 10.1. The minimum Gasteiger partial charge on any atom is -0.481 e. The predicted molar refractivity (Wildman–Crippen MR) is 58.7 cm³/mol. The van der Waals surface area contributed by atoms with Gasteiger partial charge in [-0.3, -0.25) is 9.59 Å². The van der Waals surface area contributed by atoms with Crippen molar-refractivity contribution in [3.63, 3.8) is 0 Å². The Balaban J connectivity index is 1.93. The van der Waals surface area contributed by atoms with E-state index in [0.29, 0.717) is 5.92 Å². The zero-order valence-electron chi connectivity index (χ0n) is 9.99. The fraction of sp³-hybridized carbons (Fsp3) is 0.833. The first kappa shape index (κ1) is 11.4. The third kappa shape index (κ3) is 1.81. The summed E-state index contributed by atoms with van der Waals surface area (Å²) in [5, 5.41) is 11.9. The Morgan fingerprint density at radius 1 is 1.31 bits per heavy atom. The third-order valence-electron chi connectivity index (χ3n) is 4.07. The normalized spacial score (nSPS) is 32.9. The van der Waals surface area contributed by atoms with Crippen molar-refractivity contribution in [2.75, 3.05) is 0 Å². The van der Waals surface area contributed by atoms with E-state index in [2.05, 4.69) is 5.32 Å². The Morgan fingerprint density at radius 2 is 1.88 bits per heavy atom. The summed E-state index contributed by atoms with van der Waals surface area (Å²) in [6.45, 7) is 5.69. The summed E-state index contributed by atoms with van der Waals surface area (Å²) in [7, 11) is 0. The largest absolute Gasteiger partial charge is 0.481 e. The number of rotatable bonds is 4. The van der Waals surface area contributed by atoms with Crippen molar-refractivity contribution >= 4 is 11.9 Å². The molecule has 0 aromatic carbocycles. The van der Waals surface area contributed by atoms with Gasteiger partial charge in [0.15, 0.2) is 0 Å². The van der Waals surface area contributed by atoms with Crippen LogP contribution in [0.3, 0.4) is 0 Å². The molecule has 0 bridgehead atoms. The monoisotopic (exact) mass is 225 g/mol. The highest BCUT2D eigenvalue weighted by Crippen LogP contribution is 2.58. The summed E-state index contributed by atoms with van der Waals surface area (Å²) in [6, 6.07) is 0.193. The SMILES string of the molecule is CC(NC(=O)C1C(C(=O)O)C1(C)C)C1CC1. The van der Waals surface area contributed by atoms with Gasteiger partial charge in [0.2, 0.25) is 5.91 Å². The second kappa shape index (κ2) is 3.47. The van der Waals surface area contributed by atoms with Gasteiger partial charge >= 0.3 is 5.97 Å². The van der Waals surface area contributed by atoms with Gasteiger partial charge in [-0.25, -0.2) is 0 Å².